The van der Waals surface area contributed by atoms with E-state index in [-0.39, 0.29) is 11.2 Å². The molecule has 1 aliphatic rings. The molecule has 28 heavy (non-hydrogen) atoms. The van der Waals surface area contributed by atoms with Gasteiger partial charge in [0, 0.05) is 21.1 Å². The number of anilines is 1. The molecule has 7 nitrogen and oxygen atoms in total. The third-order valence-corrected chi connectivity index (χ3v) is 5.97. The van der Waals surface area contributed by atoms with Gasteiger partial charge >= 0.3 is 5.69 Å². The van der Waals surface area contributed by atoms with Crippen LogP contribution in [0.3, 0.4) is 0 Å². The standard InChI is InChI=1S/C21H27N5O2/c1-22-20-23-18-17(19(27)25(3)21(28)24(18)2)26(20)13-14-9-11-16(12-10-14)15-7-5-4-6-8-15/h9-12,15H,4-8,13H2,1-3H3,(H,22,23). The molecule has 0 spiro atoms. The van der Waals surface area contributed by atoms with Gasteiger partial charge in [0.05, 0.1) is 6.54 Å². The van der Waals surface area contributed by atoms with Crippen molar-refractivity contribution in [2.45, 2.75) is 44.6 Å². The van der Waals surface area contributed by atoms with Crippen molar-refractivity contribution in [2.75, 3.05) is 12.4 Å². The molecule has 0 atom stereocenters. The summed E-state index contributed by atoms with van der Waals surface area (Å²) in [6.07, 6.45) is 6.55. The molecule has 0 aliphatic heterocycles. The number of aromatic nitrogens is 4. The Balaban J connectivity index is 1.73. The van der Waals surface area contributed by atoms with Crippen molar-refractivity contribution in [1.82, 2.24) is 18.7 Å². The lowest BCUT2D eigenvalue weighted by molar-refractivity contribution is 0.443. The highest BCUT2D eigenvalue weighted by atomic mass is 16.2. The first-order valence-electron chi connectivity index (χ1n) is 9.94. The van der Waals surface area contributed by atoms with Gasteiger partial charge in [-0.2, -0.15) is 4.98 Å². The lowest BCUT2D eigenvalue weighted by Gasteiger charge is -2.22. The molecular weight excluding hydrogens is 354 g/mol. The van der Waals surface area contributed by atoms with Crippen LogP contribution in [0.4, 0.5) is 5.95 Å². The average molecular weight is 381 g/mol. The number of hydrogen-bond donors (Lipinski definition) is 1. The zero-order valence-electron chi connectivity index (χ0n) is 16.7. The fraction of sp³-hybridized carbons (Fsp3) is 0.476. The van der Waals surface area contributed by atoms with Crippen molar-refractivity contribution in [3.63, 3.8) is 0 Å². The van der Waals surface area contributed by atoms with E-state index in [1.807, 2.05) is 4.57 Å². The molecule has 4 rings (SSSR count). The Morgan fingerprint density at radius 3 is 2.36 bits per heavy atom. The van der Waals surface area contributed by atoms with Crippen molar-refractivity contribution in [3.05, 3.63) is 56.2 Å². The van der Waals surface area contributed by atoms with Gasteiger partial charge < -0.3 is 5.32 Å². The van der Waals surface area contributed by atoms with Crippen molar-refractivity contribution in [3.8, 4) is 0 Å². The summed E-state index contributed by atoms with van der Waals surface area (Å²) in [4.78, 5) is 29.5. The minimum absolute atomic E-state index is 0.328. The van der Waals surface area contributed by atoms with E-state index in [0.717, 1.165) is 10.1 Å². The monoisotopic (exact) mass is 381 g/mol. The molecule has 3 aromatic rings. The molecule has 1 fully saturated rings. The summed E-state index contributed by atoms with van der Waals surface area (Å²) in [5, 5.41) is 3.05. The summed E-state index contributed by atoms with van der Waals surface area (Å²) in [7, 11) is 4.91. The quantitative estimate of drug-likeness (QED) is 0.754. The van der Waals surface area contributed by atoms with E-state index in [2.05, 4.69) is 34.6 Å². The molecule has 1 saturated carbocycles. The van der Waals surface area contributed by atoms with Gasteiger partial charge in [-0.15, -0.1) is 0 Å². The summed E-state index contributed by atoms with van der Waals surface area (Å²) >= 11 is 0. The molecule has 1 N–H and O–H groups in total. The van der Waals surface area contributed by atoms with Gasteiger partial charge in [0.25, 0.3) is 5.56 Å². The molecule has 148 valence electrons. The maximum absolute atomic E-state index is 12.8. The van der Waals surface area contributed by atoms with Crippen LogP contribution < -0.4 is 16.6 Å². The zero-order valence-corrected chi connectivity index (χ0v) is 16.7. The topological polar surface area (TPSA) is 73.8 Å². The normalized spacial score (nSPS) is 15.2. The fourth-order valence-electron chi connectivity index (χ4n) is 4.31. The Morgan fingerprint density at radius 1 is 1.04 bits per heavy atom. The minimum atomic E-state index is -0.373. The van der Waals surface area contributed by atoms with Crippen LogP contribution in [0.5, 0.6) is 0 Å². The zero-order chi connectivity index (χ0) is 19.8. The minimum Gasteiger partial charge on any atom is -0.359 e. The highest BCUT2D eigenvalue weighted by Crippen LogP contribution is 2.32. The number of aryl methyl sites for hydroxylation is 1. The smallest absolute Gasteiger partial charge is 0.332 e. The van der Waals surface area contributed by atoms with Crippen LogP contribution in [0.1, 0.15) is 49.1 Å². The fourth-order valence-corrected chi connectivity index (χ4v) is 4.31. The maximum Gasteiger partial charge on any atom is 0.332 e. The second-order valence-corrected chi connectivity index (χ2v) is 7.73. The van der Waals surface area contributed by atoms with Crippen molar-refractivity contribution in [1.29, 1.82) is 0 Å². The van der Waals surface area contributed by atoms with E-state index in [9.17, 15) is 9.59 Å². The van der Waals surface area contributed by atoms with E-state index in [0.29, 0.717) is 29.6 Å². The maximum atomic E-state index is 12.8. The summed E-state index contributed by atoms with van der Waals surface area (Å²) in [5.74, 6) is 1.25. The summed E-state index contributed by atoms with van der Waals surface area (Å²) in [6, 6.07) is 8.72. The molecule has 0 unspecified atom stereocenters. The second-order valence-electron chi connectivity index (χ2n) is 7.73. The predicted molar refractivity (Wildman–Crippen MR) is 111 cm³/mol. The number of fused-ring (bicyclic) bond motifs is 1. The number of nitrogens with zero attached hydrogens (tertiary/aromatic N) is 4. The van der Waals surface area contributed by atoms with Crippen LogP contribution in [-0.2, 0) is 20.6 Å². The van der Waals surface area contributed by atoms with Crippen LogP contribution in [-0.4, -0.2) is 25.7 Å². The van der Waals surface area contributed by atoms with Gasteiger partial charge in [0.15, 0.2) is 11.2 Å². The van der Waals surface area contributed by atoms with Gasteiger partial charge in [0.2, 0.25) is 5.95 Å². The summed E-state index contributed by atoms with van der Waals surface area (Å²) < 4.78 is 4.40. The average Bonchev–Trinajstić information content (AvgIpc) is 3.10. The van der Waals surface area contributed by atoms with Crippen molar-refractivity contribution >= 4 is 17.1 Å². The number of rotatable bonds is 4. The number of nitrogens with one attached hydrogen (secondary N) is 1. The van der Waals surface area contributed by atoms with E-state index >= 15 is 0 Å². The molecular formula is C21H27N5O2. The van der Waals surface area contributed by atoms with Gasteiger partial charge in [0.1, 0.15) is 0 Å². The number of imidazole rings is 1. The second kappa shape index (κ2) is 7.30. The van der Waals surface area contributed by atoms with E-state index < -0.39 is 0 Å². The highest BCUT2D eigenvalue weighted by Gasteiger charge is 2.19. The summed E-state index contributed by atoms with van der Waals surface area (Å²) in [6.45, 7) is 0.519. The molecule has 0 amide bonds. The van der Waals surface area contributed by atoms with Crippen LogP contribution in [0, 0.1) is 0 Å². The van der Waals surface area contributed by atoms with Crippen molar-refractivity contribution < 1.29 is 0 Å². The SMILES string of the molecule is CNc1nc2c(c(=O)n(C)c(=O)n2C)n1Cc1ccc(C2CCCCC2)cc1. The molecule has 0 saturated heterocycles. The van der Waals surface area contributed by atoms with E-state index in [4.69, 9.17) is 0 Å². The molecule has 1 aliphatic carbocycles. The van der Waals surface area contributed by atoms with Gasteiger partial charge in [-0.05, 0) is 29.9 Å². The molecule has 2 heterocycles. The molecule has 0 radical (unpaired) electrons. The van der Waals surface area contributed by atoms with Gasteiger partial charge in [-0.25, -0.2) is 4.79 Å². The molecule has 7 heteroatoms. The van der Waals surface area contributed by atoms with Crippen LogP contribution >= 0.6 is 0 Å². The Bertz CT molecular complexity index is 1110. The van der Waals surface area contributed by atoms with E-state index in [1.54, 1.807) is 14.1 Å². The molecule has 1 aromatic carbocycles. The lowest BCUT2D eigenvalue weighted by atomic mass is 9.84. The van der Waals surface area contributed by atoms with Gasteiger partial charge in [-0.3, -0.25) is 18.5 Å². The highest BCUT2D eigenvalue weighted by molar-refractivity contribution is 5.74. The van der Waals surface area contributed by atoms with Crippen LogP contribution in [0.15, 0.2) is 33.9 Å². The first kappa shape index (κ1) is 18.5. The lowest BCUT2D eigenvalue weighted by Crippen LogP contribution is -2.37. The Hall–Kier alpha value is -2.83. The Labute approximate surface area is 163 Å². The third kappa shape index (κ3) is 3.04. The molecule has 0 bridgehead atoms. The van der Waals surface area contributed by atoms with Crippen LogP contribution in [0.25, 0.3) is 11.2 Å². The number of benzene rings is 1. The predicted octanol–water partition coefficient (Wildman–Crippen LogP) is 2.57. The van der Waals surface area contributed by atoms with Crippen LogP contribution in [0.2, 0.25) is 0 Å². The largest absolute Gasteiger partial charge is 0.359 e. The first-order valence-corrected chi connectivity index (χ1v) is 9.94. The Kier molecular flexibility index (Phi) is 4.83. The van der Waals surface area contributed by atoms with Gasteiger partial charge in [-0.1, -0.05) is 43.5 Å². The summed E-state index contributed by atoms with van der Waals surface area (Å²) in [5.41, 5.74) is 2.64. The first-order chi connectivity index (χ1) is 13.5. The third-order valence-electron chi connectivity index (χ3n) is 5.97. The van der Waals surface area contributed by atoms with E-state index in [1.165, 1.54) is 49.3 Å². The molecule has 2 aromatic heterocycles. The Morgan fingerprint density at radius 2 is 1.71 bits per heavy atom. The number of hydrogen-bond acceptors (Lipinski definition) is 4. The van der Waals surface area contributed by atoms with Crippen molar-refractivity contribution in [2.24, 2.45) is 14.1 Å².